The highest BCUT2D eigenvalue weighted by atomic mass is 19.4. The van der Waals surface area contributed by atoms with Gasteiger partial charge in [-0.15, -0.1) is 23.4 Å². The number of aromatic nitrogens is 3. The number of ether oxygens (including phenoxy) is 2. The molecule has 1 saturated carbocycles. The predicted molar refractivity (Wildman–Crippen MR) is 162 cm³/mol. The van der Waals surface area contributed by atoms with Gasteiger partial charge in [-0.25, -0.2) is 9.78 Å². The summed E-state index contributed by atoms with van der Waals surface area (Å²) in [5.74, 6) is -2.86. The largest absolute Gasteiger partial charge is 0.444 e. The number of carbonyl (C=O) groups is 2. The molecule has 0 bridgehead atoms. The van der Waals surface area contributed by atoms with E-state index >= 15 is 0 Å². The Balaban J connectivity index is 1.90. The number of benzene rings is 1. The van der Waals surface area contributed by atoms with Gasteiger partial charge in [-0.1, -0.05) is 42.5 Å². The summed E-state index contributed by atoms with van der Waals surface area (Å²) in [6.07, 6.45) is -8.78. The molecule has 1 aliphatic rings. The first-order chi connectivity index (χ1) is 22.4. The van der Waals surface area contributed by atoms with Gasteiger partial charge in [-0.3, -0.25) is 10.1 Å². The van der Waals surface area contributed by atoms with Crippen LogP contribution in [-0.4, -0.2) is 38.8 Å². The molecule has 15 heteroatoms. The topological polar surface area (TPSA) is 116 Å². The second-order valence-corrected chi connectivity index (χ2v) is 12.3. The van der Waals surface area contributed by atoms with E-state index in [2.05, 4.69) is 33.7 Å². The number of Topliss-reactive ketones (excluding diaryl/α,β-unsaturated/α-hetero) is 1. The molecule has 4 rings (SSSR count). The first-order valence-electron chi connectivity index (χ1n) is 14.8. The van der Waals surface area contributed by atoms with Crippen molar-refractivity contribution in [3.63, 3.8) is 0 Å². The monoisotopic (exact) mass is 680 g/mol. The lowest BCUT2D eigenvalue weighted by atomic mass is 9.90. The number of alkyl halides is 6. The van der Waals surface area contributed by atoms with E-state index in [0.717, 1.165) is 6.08 Å². The zero-order chi connectivity index (χ0) is 35.5. The van der Waals surface area contributed by atoms with Crippen molar-refractivity contribution in [2.75, 3.05) is 5.32 Å². The maximum atomic E-state index is 14.8. The van der Waals surface area contributed by atoms with Crippen molar-refractivity contribution in [3.05, 3.63) is 84.4 Å². The zero-order valence-electron chi connectivity index (χ0n) is 26.4. The average molecular weight is 681 g/mol. The lowest BCUT2D eigenvalue weighted by molar-refractivity contribution is -0.295. The van der Waals surface area contributed by atoms with Crippen LogP contribution in [0.25, 0.3) is 11.6 Å². The Morgan fingerprint density at radius 2 is 1.69 bits per heavy atom. The summed E-state index contributed by atoms with van der Waals surface area (Å²) in [5.41, 5.74) is -8.96. The van der Waals surface area contributed by atoms with Gasteiger partial charge in [0.05, 0.1) is 17.9 Å². The second kappa shape index (κ2) is 13.5. The van der Waals surface area contributed by atoms with E-state index in [9.17, 15) is 35.9 Å². The Labute approximate surface area is 272 Å². The smallest absolute Gasteiger partial charge is 0.426 e. The number of anilines is 1. The fourth-order valence-electron chi connectivity index (χ4n) is 4.94. The SMILES string of the molecule is C=CCCC1(C(=O)c2nc(-c3nnc(C(CC=C)(OCc4ccccc4)C(F)(F)F)o3)c(NC(=O)OC(C)(C)C)cc2C(F)(F)F)CC1. The predicted octanol–water partition coefficient (Wildman–Crippen LogP) is 8.98. The van der Waals surface area contributed by atoms with Gasteiger partial charge in [0.25, 0.3) is 11.8 Å². The van der Waals surface area contributed by atoms with Gasteiger partial charge in [0.15, 0.2) is 11.5 Å². The molecule has 3 aromatic rings. The summed E-state index contributed by atoms with van der Waals surface area (Å²) in [6, 6.07) is 8.38. The van der Waals surface area contributed by atoms with E-state index in [-0.39, 0.29) is 6.42 Å². The van der Waals surface area contributed by atoms with E-state index in [4.69, 9.17) is 13.9 Å². The van der Waals surface area contributed by atoms with Gasteiger partial charge in [-0.05, 0) is 58.1 Å². The third-order valence-electron chi connectivity index (χ3n) is 7.53. The van der Waals surface area contributed by atoms with Gasteiger partial charge in [-0.2, -0.15) is 26.3 Å². The van der Waals surface area contributed by atoms with Crippen LogP contribution in [0.1, 0.15) is 80.4 Å². The third kappa shape index (κ3) is 7.94. The maximum absolute atomic E-state index is 14.8. The number of hydrogen-bond donors (Lipinski definition) is 1. The first-order valence-corrected chi connectivity index (χ1v) is 14.8. The number of nitrogens with zero attached hydrogens (tertiary/aromatic N) is 3. The number of halogens is 6. The zero-order valence-corrected chi connectivity index (χ0v) is 26.4. The van der Waals surface area contributed by atoms with Gasteiger partial charge in [0, 0.05) is 11.8 Å². The van der Waals surface area contributed by atoms with Crippen molar-refractivity contribution in [2.24, 2.45) is 5.41 Å². The van der Waals surface area contributed by atoms with Gasteiger partial charge in [0.1, 0.15) is 11.3 Å². The van der Waals surface area contributed by atoms with Crippen molar-refractivity contribution >= 4 is 17.6 Å². The quantitative estimate of drug-likeness (QED) is 0.108. The van der Waals surface area contributed by atoms with Crippen molar-refractivity contribution in [2.45, 2.75) is 83.0 Å². The van der Waals surface area contributed by atoms with E-state index in [1.54, 1.807) is 18.2 Å². The molecular formula is C33H34F6N4O5. The van der Waals surface area contributed by atoms with Crippen LogP contribution in [0.5, 0.6) is 0 Å². The molecule has 9 nitrogen and oxygen atoms in total. The number of hydrogen-bond acceptors (Lipinski definition) is 8. The van der Waals surface area contributed by atoms with Crippen LogP contribution < -0.4 is 5.32 Å². The molecule has 1 aliphatic carbocycles. The molecule has 258 valence electrons. The summed E-state index contributed by atoms with van der Waals surface area (Å²) in [7, 11) is 0. The summed E-state index contributed by atoms with van der Waals surface area (Å²) >= 11 is 0. The first kappa shape index (κ1) is 36.3. The Hall–Kier alpha value is -4.53. The molecule has 1 atom stereocenters. The van der Waals surface area contributed by atoms with E-state index in [1.807, 2.05) is 0 Å². The number of amides is 1. The van der Waals surface area contributed by atoms with Crippen LogP contribution in [-0.2, 0) is 27.9 Å². The highest BCUT2D eigenvalue weighted by Crippen LogP contribution is 2.53. The average Bonchev–Trinajstić information content (AvgIpc) is 3.62. The van der Waals surface area contributed by atoms with Gasteiger partial charge >= 0.3 is 18.4 Å². The summed E-state index contributed by atoms with van der Waals surface area (Å²) in [4.78, 5) is 30.3. The summed E-state index contributed by atoms with van der Waals surface area (Å²) in [5, 5.41) is 9.39. The van der Waals surface area contributed by atoms with E-state index in [0.29, 0.717) is 30.9 Å². The second-order valence-electron chi connectivity index (χ2n) is 12.3. The molecule has 48 heavy (non-hydrogen) atoms. The number of carbonyl (C=O) groups excluding carboxylic acids is 2. The third-order valence-corrected chi connectivity index (χ3v) is 7.53. The normalized spacial score (nSPS) is 15.7. The van der Waals surface area contributed by atoms with Crippen LogP contribution in [0.2, 0.25) is 0 Å². The van der Waals surface area contributed by atoms with Crippen LogP contribution >= 0.6 is 0 Å². The number of ketones is 1. The molecule has 2 aromatic heterocycles. The van der Waals surface area contributed by atoms with Crippen molar-refractivity contribution < 1.29 is 49.8 Å². The lowest BCUT2D eigenvalue weighted by Gasteiger charge is -2.31. The van der Waals surface area contributed by atoms with E-state index in [1.165, 1.54) is 39.0 Å². The fourth-order valence-corrected chi connectivity index (χ4v) is 4.94. The number of rotatable bonds is 13. The molecular weight excluding hydrogens is 646 g/mol. The summed E-state index contributed by atoms with van der Waals surface area (Å²) in [6.45, 7) is 11.0. The molecule has 0 saturated heterocycles. The Morgan fingerprint density at radius 1 is 1.02 bits per heavy atom. The molecule has 0 radical (unpaired) electrons. The number of nitrogens with one attached hydrogen (secondary N) is 1. The molecule has 1 unspecified atom stereocenters. The van der Waals surface area contributed by atoms with Crippen LogP contribution in [0.3, 0.4) is 0 Å². The highest BCUT2D eigenvalue weighted by molar-refractivity contribution is 6.03. The molecule has 1 aromatic carbocycles. The van der Waals surface area contributed by atoms with Gasteiger partial charge < -0.3 is 13.9 Å². The van der Waals surface area contributed by atoms with Crippen molar-refractivity contribution in [1.82, 2.24) is 15.2 Å². The Kier molecular flexibility index (Phi) is 10.2. The lowest BCUT2D eigenvalue weighted by Crippen LogP contribution is -2.45. The number of pyridine rings is 1. The van der Waals surface area contributed by atoms with Crippen LogP contribution in [0.15, 0.2) is 66.1 Å². The maximum Gasteiger partial charge on any atom is 0.426 e. The van der Waals surface area contributed by atoms with E-state index < -0.39 is 88.3 Å². The Bertz CT molecular complexity index is 1660. The number of allylic oxidation sites excluding steroid dienone is 1. The van der Waals surface area contributed by atoms with Gasteiger partial charge in [0.2, 0.25) is 5.60 Å². The molecule has 1 amide bonds. The summed E-state index contributed by atoms with van der Waals surface area (Å²) < 4.78 is 104. The minimum Gasteiger partial charge on any atom is -0.444 e. The Morgan fingerprint density at radius 3 is 2.23 bits per heavy atom. The van der Waals surface area contributed by atoms with Crippen molar-refractivity contribution in [3.8, 4) is 11.6 Å². The standard InChI is InChI=1S/C33H34F6N4O5/c1-6-8-15-30(16-17-30)25(44)23-21(32(34,35)36)18-22(40-28(45)48-29(3,4)5)24(41-23)26-42-43-27(47-26)31(14-7-2,33(37,38)39)46-19-20-12-10-9-11-13-20/h6-7,9-13,18H,1-2,8,14-17,19H2,3-5H3,(H,40,45). The molecule has 0 spiro atoms. The molecule has 1 fully saturated rings. The fraction of sp³-hybridized carbons (Fsp3) is 0.424. The molecule has 2 heterocycles. The minimum atomic E-state index is -5.16. The van der Waals surface area contributed by atoms with Crippen LogP contribution in [0.4, 0.5) is 36.8 Å². The van der Waals surface area contributed by atoms with Crippen molar-refractivity contribution in [1.29, 1.82) is 0 Å². The van der Waals surface area contributed by atoms with Crippen LogP contribution in [0, 0.1) is 5.41 Å². The minimum absolute atomic E-state index is 0.209. The molecule has 0 aliphatic heterocycles. The molecule has 1 N–H and O–H groups in total. The highest BCUT2D eigenvalue weighted by Gasteiger charge is 2.61.